The molecule has 0 aromatic heterocycles. The van der Waals surface area contributed by atoms with Gasteiger partial charge in [-0.15, -0.1) is 0 Å². The van der Waals surface area contributed by atoms with Gasteiger partial charge in [-0.2, -0.15) is 0 Å². The van der Waals surface area contributed by atoms with Gasteiger partial charge in [-0.25, -0.2) is 0 Å². The predicted molar refractivity (Wildman–Crippen MR) is 79.3 cm³/mol. The van der Waals surface area contributed by atoms with E-state index in [0.29, 0.717) is 6.04 Å². The van der Waals surface area contributed by atoms with E-state index in [9.17, 15) is 0 Å². The highest BCUT2D eigenvalue weighted by Gasteiger charge is 2.19. The van der Waals surface area contributed by atoms with Crippen LogP contribution in [-0.4, -0.2) is 44.1 Å². The molecule has 20 heavy (non-hydrogen) atoms. The Morgan fingerprint density at radius 2 is 2.15 bits per heavy atom. The maximum Gasteiger partial charge on any atom is 0.123 e. The summed E-state index contributed by atoms with van der Waals surface area (Å²) in [6, 6.07) is 6.18. The lowest BCUT2D eigenvalue weighted by molar-refractivity contribution is 0.0405. The van der Waals surface area contributed by atoms with E-state index in [-0.39, 0.29) is 5.84 Å². The first kappa shape index (κ1) is 14.8. The first-order valence-electron chi connectivity index (χ1n) is 6.91. The predicted octanol–water partition coefficient (Wildman–Crippen LogP) is 1.59. The number of benzene rings is 1. The smallest absolute Gasteiger partial charge is 0.123 e. The van der Waals surface area contributed by atoms with Crippen LogP contribution in [0.5, 0.6) is 5.75 Å². The lowest BCUT2D eigenvalue weighted by Crippen LogP contribution is -2.36. The second kappa shape index (κ2) is 6.72. The lowest BCUT2D eigenvalue weighted by atomic mass is 10.0. The maximum atomic E-state index is 7.54. The van der Waals surface area contributed by atoms with Crippen molar-refractivity contribution < 1.29 is 9.47 Å². The standard InChI is InChI=1S/C15H23N3O2/c1-18(13-5-7-20-8-6-13)10-12-9-11(15(16)17)3-4-14(12)19-2/h3-4,9,13H,5-8,10H2,1-2H3,(H3,16,17). The van der Waals surface area contributed by atoms with Gasteiger partial charge in [-0.1, -0.05) is 0 Å². The van der Waals surface area contributed by atoms with Crippen LogP contribution < -0.4 is 10.5 Å². The molecule has 1 heterocycles. The number of ether oxygens (including phenoxy) is 2. The van der Waals surface area contributed by atoms with Crippen LogP contribution in [0.2, 0.25) is 0 Å². The third kappa shape index (κ3) is 3.49. The molecule has 0 spiro atoms. The molecular weight excluding hydrogens is 254 g/mol. The number of hydrogen-bond acceptors (Lipinski definition) is 4. The maximum absolute atomic E-state index is 7.54. The molecule has 0 radical (unpaired) electrons. The normalized spacial score (nSPS) is 16.4. The van der Waals surface area contributed by atoms with Crippen LogP contribution in [0.1, 0.15) is 24.0 Å². The van der Waals surface area contributed by atoms with Crippen molar-refractivity contribution in [2.45, 2.75) is 25.4 Å². The number of nitrogens with one attached hydrogen (secondary N) is 1. The van der Waals surface area contributed by atoms with Crippen molar-refractivity contribution in [1.82, 2.24) is 4.90 Å². The van der Waals surface area contributed by atoms with E-state index >= 15 is 0 Å². The van der Waals surface area contributed by atoms with Gasteiger partial charge in [0.25, 0.3) is 0 Å². The first-order valence-corrected chi connectivity index (χ1v) is 6.91. The Balaban J connectivity index is 2.13. The van der Waals surface area contributed by atoms with Gasteiger partial charge < -0.3 is 15.2 Å². The quantitative estimate of drug-likeness (QED) is 0.633. The summed E-state index contributed by atoms with van der Waals surface area (Å²) < 4.78 is 10.8. The molecule has 1 fully saturated rings. The van der Waals surface area contributed by atoms with Gasteiger partial charge in [0.2, 0.25) is 0 Å². The molecular formula is C15H23N3O2. The molecule has 0 bridgehead atoms. The van der Waals surface area contributed by atoms with Crippen LogP contribution in [0, 0.1) is 5.41 Å². The summed E-state index contributed by atoms with van der Waals surface area (Å²) in [7, 11) is 3.79. The van der Waals surface area contributed by atoms with Crippen LogP contribution in [0.3, 0.4) is 0 Å². The lowest BCUT2D eigenvalue weighted by Gasteiger charge is -2.31. The minimum absolute atomic E-state index is 0.0858. The molecule has 0 saturated carbocycles. The summed E-state index contributed by atoms with van der Waals surface area (Å²) >= 11 is 0. The molecule has 0 atom stereocenters. The number of amidine groups is 1. The van der Waals surface area contributed by atoms with Crippen molar-refractivity contribution in [3.63, 3.8) is 0 Å². The van der Waals surface area contributed by atoms with Crippen molar-refractivity contribution in [2.75, 3.05) is 27.4 Å². The highest BCUT2D eigenvalue weighted by molar-refractivity contribution is 5.95. The van der Waals surface area contributed by atoms with Gasteiger partial charge in [-0.05, 0) is 38.1 Å². The highest BCUT2D eigenvalue weighted by Crippen LogP contribution is 2.23. The fraction of sp³-hybridized carbons (Fsp3) is 0.533. The zero-order valence-electron chi connectivity index (χ0n) is 12.2. The average molecular weight is 277 g/mol. The van der Waals surface area contributed by atoms with Crippen LogP contribution in [0.15, 0.2) is 18.2 Å². The highest BCUT2D eigenvalue weighted by atomic mass is 16.5. The van der Waals surface area contributed by atoms with Crippen molar-refractivity contribution in [3.8, 4) is 5.75 Å². The first-order chi connectivity index (χ1) is 9.61. The molecule has 1 aliphatic heterocycles. The Hall–Kier alpha value is -1.59. The summed E-state index contributed by atoms with van der Waals surface area (Å²) in [6.45, 7) is 2.45. The second-order valence-electron chi connectivity index (χ2n) is 5.20. The molecule has 2 rings (SSSR count). The largest absolute Gasteiger partial charge is 0.496 e. The van der Waals surface area contributed by atoms with Gasteiger partial charge in [0.05, 0.1) is 7.11 Å². The molecule has 110 valence electrons. The summed E-state index contributed by atoms with van der Waals surface area (Å²) in [6.07, 6.45) is 2.12. The fourth-order valence-electron chi connectivity index (χ4n) is 2.59. The molecule has 1 aliphatic rings. The van der Waals surface area contributed by atoms with Crippen LogP contribution in [-0.2, 0) is 11.3 Å². The Morgan fingerprint density at radius 3 is 2.75 bits per heavy atom. The number of nitrogens with two attached hydrogens (primary N) is 1. The Kier molecular flexibility index (Phi) is 4.98. The summed E-state index contributed by atoms with van der Waals surface area (Å²) in [5.74, 6) is 0.927. The third-order valence-corrected chi connectivity index (χ3v) is 3.83. The molecule has 3 N–H and O–H groups in total. The van der Waals surface area contributed by atoms with Gasteiger partial charge in [0, 0.05) is 36.9 Å². The molecule has 1 aromatic rings. The zero-order valence-corrected chi connectivity index (χ0v) is 12.2. The molecule has 5 nitrogen and oxygen atoms in total. The van der Waals surface area contributed by atoms with Gasteiger partial charge in [0.15, 0.2) is 0 Å². The van der Waals surface area contributed by atoms with Gasteiger partial charge >= 0.3 is 0 Å². The molecule has 1 saturated heterocycles. The van der Waals surface area contributed by atoms with E-state index in [2.05, 4.69) is 11.9 Å². The zero-order chi connectivity index (χ0) is 14.5. The Labute approximate surface area is 120 Å². The molecule has 0 amide bonds. The van der Waals surface area contributed by atoms with Gasteiger partial charge in [0.1, 0.15) is 11.6 Å². The molecule has 0 aliphatic carbocycles. The summed E-state index contributed by atoms with van der Waals surface area (Å²) in [4.78, 5) is 2.32. The van der Waals surface area contributed by atoms with E-state index in [1.807, 2.05) is 18.2 Å². The van der Waals surface area contributed by atoms with Crippen molar-refractivity contribution in [2.24, 2.45) is 5.73 Å². The Morgan fingerprint density at radius 1 is 1.45 bits per heavy atom. The monoisotopic (exact) mass is 277 g/mol. The Bertz CT molecular complexity index is 470. The average Bonchev–Trinajstić information content (AvgIpc) is 2.48. The second-order valence-corrected chi connectivity index (χ2v) is 5.20. The SMILES string of the molecule is COc1ccc(C(=N)N)cc1CN(C)C1CCOCC1. The van der Waals surface area contributed by atoms with E-state index in [0.717, 1.165) is 49.5 Å². The third-order valence-electron chi connectivity index (χ3n) is 3.83. The fourth-order valence-corrected chi connectivity index (χ4v) is 2.59. The van der Waals surface area contributed by atoms with E-state index in [1.54, 1.807) is 7.11 Å². The van der Waals surface area contributed by atoms with Crippen molar-refractivity contribution in [3.05, 3.63) is 29.3 Å². The minimum Gasteiger partial charge on any atom is -0.496 e. The van der Waals surface area contributed by atoms with E-state index < -0.39 is 0 Å². The molecule has 5 heteroatoms. The van der Waals surface area contributed by atoms with Crippen LogP contribution in [0.4, 0.5) is 0 Å². The molecule has 0 unspecified atom stereocenters. The number of methoxy groups -OCH3 is 1. The number of rotatable bonds is 5. The van der Waals surface area contributed by atoms with Crippen molar-refractivity contribution >= 4 is 5.84 Å². The van der Waals surface area contributed by atoms with Crippen molar-refractivity contribution in [1.29, 1.82) is 5.41 Å². The number of nitrogens with zero attached hydrogens (tertiary/aromatic N) is 1. The summed E-state index contributed by atoms with van der Waals surface area (Å²) in [5.41, 5.74) is 7.36. The van der Waals surface area contributed by atoms with E-state index in [4.69, 9.17) is 20.6 Å². The number of hydrogen-bond donors (Lipinski definition) is 2. The topological polar surface area (TPSA) is 71.6 Å². The molecule has 1 aromatic carbocycles. The number of nitrogen functional groups attached to an aromatic ring is 1. The van der Waals surface area contributed by atoms with Crippen LogP contribution in [0.25, 0.3) is 0 Å². The van der Waals surface area contributed by atoms with E-state index in [1.165, 1.54) is 0 Å². The van der Waals surface area contributed by atoms with Crippen LogP contribution >= 0.6 is 0 Å². The van der Waals surface area contributed by atoms with Gasteiger partial charge in [-0.3, -0.25) is 10.3 Å². The summed E-state index contributed by atoms with van der Waals surface area (Å²) in [5, 5.41) is 7.54. The minimum atomic E-state index is 0.0858.